The van der Waals surface area contributed by atoms with E-state index in [-0.39, 0.29) is 41.7 Å². The molecule has 326 valence electrons. The molecule has 63 heavy (non-hydrogen) atoms. The van der Waals surface area contributed by atoms with Gasteiger partial charge in [0.25, 0.3) is 11.8 Å². The van der Waals surface area contributed by atoms with Crippen LogP contribution in [0.1, 0.15) is 77.8 Å². The number of benzene rings is 2. The van der Waals surface area contributed by atoms with Gasteiger partial charge in [-0.1, -0.05) is 18.6 Å². The van der Waals surface area contributed by atoms with Gasteiger partial charge in [-0.3, -0.25) is 43.4 Å². The van der Waals surface area contributed by atoms with Gasteiger partial charge in [0.2, 0.25) is 29.6 Å². The molecular formula is C45H49N11O7. The first-order valence-corrected chi connectivity index (χ1v) is 21.7. The molecule has 1 unspecified atom stereocenters. The molecule has 1 atom stereocenters. The van der Waals surface area contributed by atoms with Crippen molar-refractivity contribution >= 4 is 58.4 Å². The van der Waals surface area contributed by atoms with Gasteiger partial charge in [-0.2, -0.15) is 0 Å². The Hall–Kier alpha value is -7.11. The average molecular weight is 856 g/mol. The fourth-order valence-corrected chi connectivity index (χ4v) is 8.95. The number of carbonyl (C=O) groups is 6. The van der Waals surface area contributed by atoms with E-state index >= 15 is 0 Å². The summed E-state index contributed by atoms with van der Waals surface area (Å²) >= 11 is 0. The van der Waals surface area contributed by atoms with E-state index in [0.29, 0.717) is 70.1 Å². The maximum Gasteiger partial charge on any atom is 0.262 e. The van der Waals surface area contributed by atoms with Gasteiger partial charge in [0.05, 0.1) is 23.9 Å². The summed E-state index contributed by atoms with van der Waals surface area (Å²) in [6, 6.07) is 16.2. The molecule has 0 radical (unpaired) electrons. The number of furan rings is 1. The number of nitrogens with one attached hydrogen (secondary N) is 3. The second-order valence-corrected chi connectivity index (χ2v) is 16.4. The minimum Gasteiger partial charge on any atom is -0.467 e. The Balaban J connectivity index is 0.661. The van der Waals surface area contributed by atoms with Crippen LogP contribution in [0.25, 0.3) is 16.8 Å². The maximum absolute atomic E-state index is 13.3. The summed E-state index contributed by atoms with van der Waals surface area (Å²) in [7, 11) is 0. The van der Waals surface area contributed by atoms with Crippen molar-refractivity contribution in [1.82, 2.24) is 40.0 Å². The zero-order chi connectivity index (χ0) is 43.5. The van der Waals surface area contributed by atoms with Crippen LogP contribution in [0.15, 0.2) is 77.8 Å². The Morgan fingerprint density at radius 3 is 2.33 bits per heavy atom. The maximum atomic E-state index is 13.3. The minimum absolute atomic E-state index is 0.0292. The Bertz CT molecular complexity index is 2520. The van der Waals surface area contributed by atoms with E-state index in [1.807, 2.05) is 21.4 Å². The third-order valence-corrected chi connectivity index (χ3v) is 12.5. The van der Waals surface area contributed by atoms with Crippen LogP contribution in [0.2, 0.25) is 0 Å². The lowest BCUT2D eigenvalue weighted by atomic mass is 9.95. The number of nitrogens with zero attached hydrogens (tertiary/aromatic N) is 8. The SMILES string of the molecule is O=C1CCC(N2C(=O)c3ccc(N4CCC(C(=O)NCCCCCC(=O)N5CCN(c6ccc(-c7cnc(NCc8ccco8)n8cnnc78)cc6)CC5)CC4)cc3C2=O)C(=O)N1. The zero-order valence-corrected chi connectivity index (χ0v) is 34.8. The van der Waals surface area contributed by atoms with Crippen molar-refractivity contribution in [3.8, 4) is 11.1 Å². The lowest BCUT2D eigenvalue weighted by Gasteiger charge is -2.36. The van der Waals surface area contributed by atoms with E-state index in [4.69, 9.17) is 4.42 Å². The molecule has 3 aromatic heterocycles. The Kier molecular flexibility index (Phi) is 11.8. The number of hydrogen-bond acceptors (Lipinski definition) is 13. The summed E-state index contributed by atoms with van der Waals surface area (Å²) in [4.78, 5) is 88.4. The first kappa shape index (κ1) is 41.3. The van der Waals surface area contributed by atoms with Crippen molar-refractivity contribution < 1.29 is 33.2 Å². The van der Waals surface area contributed by atoms with Gasteiger partial charge in [0.15, 0.2) is 5.65 Å². The van der Waals surface area contributed by atoms with Crippen LogP contribution >= 0.6 is 0 Å². The fraction of sp³-hybridized carbons (Fsp3) is 0.400. The third-order valence-electron chi connectivity index (χ3n) is 12.5. The number of amides is 6. The van der Waals surface area contributed by atoms with E-state index in [1.165, 1.54) is 0 Å². The van der Waals surface area contributed by atoms with Gasteiger partial charge >= 0.3 is 0 Å². The largest absolute Gasteiger partial charge is 0.467 e. The van der Waals surface area contributed by atoms with Crippen molar-refractivity contribution in [1.29, 1.82) is 0 Å². The van der Waals surface area contributed by atoms with Crippen LogP contribution < -0.4 is 25.8 Å². The second kappa shape index (κ2) is 18.1. The number of unbranched alkanes of at least 4 members (excludes halogenated alkanes) is 2. The normalized spacial score (nSPS) is 18.3. The molecule has 0 bridgehead atoms. The monoisotopic (exact) mass is 855 g/mol. The van der Waals surface area contributed by atoms with Gasteiger partial charge in [-0.15, -0.1) is 10.2 Å². The predicted octanol–water partition coefficient (Wildman–Crippen LogP) is 3.64. The zero-order valence-electron chi connectivity index (χ0n) is 34.8. The van der Waals surface area contributed by atoms with Crippen molar-refractivity contribution in [2.75, 3.05) is 60.9 Å². The summed E-state index contributed by atoms with van der Waals surface area (Å²) in [5.41, 5.74) is 4.91. The van der Waals surface area contributed by atoms with Gasteiger partial charge < -0.3 is 29.8 Å². The molecule has 18 heteroatoms. The highest BCUT2D eigenvalue weighted by atomic mass is 16.3. The quantitative estimate of drug-likeness (QED) is 0.108. The molecule has 7 heterocycles. The Morgan fingerprint density at radius 2 is 1.57 bits per heavy atom. The van der Waals surface area contributed by atoms with Crippen molar-refractivity contribution in [3.63, 3.8) is 0 Å². The molecule has 3 saturated heterocycles. The lowest BCUT2D eigenvalue weighted by molar-refractivity contribution is -0.136. The molecule has 9 rings (SSSR count). The van der Waals surface area contributed by atoms with Gasteiger partial charge in [0, 0.05) is 87.7 Å². The van der Waals surface area contributed by atoms with Crippen LogP contribution in [0.5, 0.6) is 0 Å². The standard InChI is InChI=1S/C45H49N11O7/c57-38-14-13-37(42(60)50-38)56-43(61)34-12-11-32(25-35(34)44(56)62)52-18-15-30(16-19-52)41(59)46-17-3-1-2-6-39(58)54-22-20-53(21-23-54)31-9-7-29(8-10-31)36-27-48-45(55-28-49-51-40(36)55)47-26-33-5-4-24-63-33/h4-5,7-12,24-25,27-28,30,37H,1-3,6,13-23,26H2,(H,46,59)(H,47,48)(H,50,57,60). The number of hydrogen-bond donors (Lipinski definition) is 3. The van der Waals surface area contributed by atoms with Crippen LogP contribution in [0.4, 0.5) is 17.3 Å². The molecule has 3 fully saturated rings. The summed E-state index contributed by atoms with van der Waals surface area (Å²) < 4.78 is 7.24. The highest BCUT2D eigenvalue weighted by molar-refractivity contribution is 6.23. The number of imide groups is 2. The topological polar surface area (TPSA) is 208 Å². The Labute approximate surface area is 363 Å². The van der Waals surface area contributed by atoms with Crippen molar-refractivity contribution in [2.24, 2.45) is 5.92 Å². The van der Waals surface area contributed by atoms with Gasteiger partial charge in [-0.05, 0) is 80.1 Å². The van der Waals surface area contributed by atoms with E-state index in [1.54, 1.807) is 37.0 Å². The highest BCUT2D eigenvalue weighted by Crippen LogP contribution is 2.33. The van der Waals surface area contributed by atoms with Gasteiger partial charge in [-0.25, -0.2) is 4.98 Å². The van der Waals surface area contributed by atoms with E-state index in [2.05, 4.69) is 65.2 Å². The molecule has 2 aromatic carbocycles. The summed E-state index contributed by atoms with van der Waals surface area (Å²) in [5.74, 6) is -0.627. The summed E-state index contributed by atoms with van der Waals surface area (Å²) in [6.07, 6.45) is 9.45. The first-order valence-electron chi connectivity index (χ1n) is 21.7. The molecule has 18 nitrogen and oxygen atoms in total. The van der Waals surface area contributed by atoms with Crippen molar-refractivity contribution in [3.05, 3.63) is 90.3 Å². The number of rotatable bonds is 14. The molecule has 0 spiro atoms. The number of piperidine rings is 2. The van der Waals surface area contributed by atoms with Crippen LogP contribution in [0.3, 0.4) is 0 Å². The highest BCUT2D eigenvalue weighted by Gasteiger charge is 2.45. The van der Waals surface area contributed by atoms with Crippen molar-refractivity contribution in [2.45, 2.75) is 64.0 Å². The minimum atomic E-state index is -1.01. The second-order valence-electron chi connectivity index (χ2n) is 16.4. The molecule has 4 aliphatic rings. The predicted molar refractivity (Wildman–Crippen MR) is 231 cm³/mol. The fourth-order valence-electron chi connectivity index (χ4n) is 8.95. The summed E-state index contributed by atoms with van der Waals surface area (Å²) in [6.45, 7) is 5.12. The molecule has 0 saturated carbocycles. The van der Waals surface area contributed by atoms with E-state index in [0.717, 1.165) is 65.5 Å². The average Bonchev–Trinajstić information content (AvgIpc) is 4.08. The van der Waals surface area contributed by atoms with Crippen LogP contribution in [-0.4, -0.2) is 117 Å². The Morgan fingerprint density at radius 1 is 0.810 bits per heavy atom. The number of anilines is 3. The lowest BCUT2D eigenvalue weighted by Crippen LogP contribution is -2.54. The smallest absolute Gasteiger partial charge is 0.262 e. The number of fused-ring (bicyclic) bond motifs is 2. The first-order chi connectivity index (χ1) is 30.7. The molecule has 0 aliphatic carbocycles. The molecule has 4 aliphatic heterocycles. The van der Waals surface area contributed by atoms with Crippen LogP contribution in [-0.2, 0) is 25.7 Å². The molecule has 5 aromatic rings. The molecule has 6 amide bonds. The number of piperazine rings is 1. The third kappa shape index (κ3) is 8.69. The van der Waals surface area contributed by atoms with E-state index in [9.17, 15) is 28.8 Å². The number of aromatic nitrogens is 4. The molecule has 3 N–H and O–H groups in total. The van der Waals surface area contributed by atoms with Crippen LogP contribution in [0, 0.1) is 5.92 Å². The molecular weight excluding hydrogens is 807 g/mol. The summed E-state index contributed by atoms with van der Waals surface area (Å²) in [5, 5.41) is 17.0. The van der Waals surface area contributed by atoms with E-state index < -0.39 is 29.7 Å². The number of carbonyl (C=O) groups excluding carboxylic acids is 6. The van der Waals surface area contributed by atoms with Gasteiger partial charge in [0.1, 0.15) is 18.1 Å².